The lowest BCUT2D eigenvalue weighted by molar-refractivity contribution is -0.138. The zero-order chi connectivity index (χ0) is 64.1. The number of aromatic amines is 4. The number of halogens is 7. The van der Waals surface area contributed by atoms with Gasteiger partial charge in [0.25, 0.3) is 0 Å². The molecule has 5 aliphatic rings. The lowest BCUT2D eigenvalue weighted by atomic mass is 9.86. The number of nitrogens with one attached hydrogen (secondary N) is 4. The van der Waals surface area contributed by atoms with Crippen molar-refractivity contribution in [3.8, 4) is 0 Å². The second-order valence-corrected chi connectivity index (χ2v) is 30.0. The average Bonchev–Trinajstić information content (AvgIpc) is 1.86. The molecular weight excluding hydrogens is 1250 g/mol. The number of carbonyl (C=O) groups is 1. The zero-order valence-corrected chi connectivity index (χ0v) is 53.0. The van der Waals surface area contributed by atoms with Crippen molar-refractivity contribution in [2.45, 2.75) is 101 Å². The van der Waals surface area contributed by atoms with Gasteiger partial charge in [-0.2, -0.15) is 55.3 Å². The molecule has 1 saturated carbocycles. The summed E-state index contributed by atoms with van der Waals surface area (Å²) >= 11 is 6.19. The first-order valence-electron chi connectivity index (χ1n) is 29.1. The highest BCUT2D eigenvalue weighted by Crippen LogP contribution is 2.44. The zero-order valence-electron chi connectivity index (χ0n) is 49.8. The first kappa shape index (κ1) is 65.4. The number of fused-ring (bicyclic) bond motifs is 4. The lowest BCUT2D eigenvalue weighted by Crippen LogP contribution is -2.58. The summed E-state index contributed by atoms with van der Waals surface area (Å²) in [5, 5.41) is 31.3. The molecule has 1 amide bonds. The van der Waals surface area contributed by atoms with E-state index in [1.54, 1.807) is 25.9 Å². The normalized spacial score (nSPS) is 20.1. The number of amides is 1. The van der Waals surface area contributed by atoms with Crippen molar-refractivity contribution in [1.82, 2.24) is 58.6 Å². The monoisotopic (exact) mass is 1320 g/mol. The summed E-state index contributed by atoms with van der Waals surface area (Å²) in [6, 6.07) is 12.6. The number of likely N-dealkylation sites (tertiary alicyclic amines) is 1. The van der Waals surface area contributed by atoms with Crippen LogP contribution in [0, 0.1) is 0 Å². The van der Waals surface area contributed by atoms with Gasteiger partial charge < -0.3 is 14.7 Å². The van der Waals surface area contributed by atoms with E-state index in [0.717, 1.165) is 64.4 Å². The van der Waals surface area contributed by atoms with Gasteiger partial charge in [0, 0.05) is 122 Å². The molecule has 89 heavy (non-hydrogen) atoms. The van der Waals surface area contributed by atoms with Gasteiger partial charge in [-0.3, -0.25) is 25.2 Å². The first-order valence-corrected chi connectivity index (χ1v) is 35.1. The van der Waals surface area contributed by atoms with Crippen molar-refractivity contribution in [3.05, 3.63) is 106 Å². The Morgan fingerprint density at radius 2 is 0.899 bits per heavy atom. The van der Waals surface area contributed by atoms with Gasteiger partial charge in [0.15, 0.2) is 0 Å². The van der Waals surface area contributed by atoms with Crippen LogP contribution in [-0.2, 0) is 47.2 Å². The fourth-order valence-electron chi connectivity index (χ4n) is 12.8. The molecule has 4 saturated heterocycles. The third-order valence-electron chi connectivity index (χ3n) is 17.3. The number of sulfonamides is 3. The number of nitrogens with zero attached hydrogens (tertiary/aromatic N) is 10. The molecule has 4 aliphatic heterocycles. The summed E-state index contributed by atoms with van der Waals surface area (Å²) in [6.45, 7) is 11.0. The van der Waals surface area contributed by atoms with Crippen LogP contribution >= 0.6 is 11.6 Å². The quantitative estimate of drug-likeness (QED) is 0.104. The molecular formula is C58H71ClF6N14O7S3. The number of piperidine rings is 2. The Morgan fingerprint density at radius 3 is 1.31 bits per heavy atom. The van der Waals surface area contributed by atoms with Crippen LogP contribution in [0.3, 0.4) is 0 Å². The molecule has 4 aromatic carbocycles. The van der Waals surface area contributed by atoms with Crippen molar-refractivity contribution in [2.24, 2.45) is 0 Å². The Bertz CT molecular complexity index is 4200. The van der Waals surface area contributed by atoms with Crippen molar-refractivity contribution < 1.29 is 56.4 Å². The van der Waals surface area contributed by atoms with E-state index >= 15 is 0 Å². The van der Waals surface area contributed by atoms with Crippen LogP contribution in [0.25, 0.3) is 43.6 Å². The van der Waals surface area contributed by atoms with Gasteiger partial charge in [0.2, 0.25) is 36.0 Å². The van der Waals surface area contributed by atoms with Crippen LogP contribution in [0.5, 0.6) is 0 Å². The number of benzene rings is 4. The predicted octanol–water partition coefficient (Wildman–Crippen LogP) is 9.63. The van der Waals surface area contributed by atoms with Gasteiger partial charge in [0.1, 0.15) is 0 Å². The number of alkyl halides is 6. The number of rotatable bonds is 8. The Labute approximate surface area is 516 Å². The maximum absolute atomic E-state index is 13.1. The van der Waals surface area contributed by atoms with Crippen molar-refractivity contribution in [1.29, 1.82) is 0 Å². The van der Waals surface area contributed by atoms with Crippen molar-refractivity contribution >= 4 is 103 Å². The highest BCUT2D eigenvalue weighted by molar-refractivity contribution is 7.88. The molecule has 13 rings (SSSR count). The van der Waals surface area contributed by atoms with E-state index in [1.165, 1.54) is 66.2 Å². The van der Waals surface area contributed by atoms with Crippen molar-refractivity contribution in [3.63, 3.8) is 0 Å². The molecule has 8 aromatic rings. The maximum Gasteiger partial charge on any atom is 0.416 e. The molecule has 4 aromatic heterocycles. The molecule has 5 fully saturated rings. The minimum absolute atomic E-state index is 0.0101. The molecule has 0 bridgehead atoms. The minimum Gasteiger partial charge on any atom is -0.368 e. The highest BCUT2D eigenvalue weighted by atomic mass is 35.5. The molecule has 31 heteroatoms. The summed E-state index contributed by atoms with van der Waals surface area (Å²) in [5.41, 5.74) is 6.13. The van der Waals surface area contributed by atoms with Crippen LogP contribution in [-0.4, -0.2) is 186 Å². The third-order valence-corrected chi connectivity index (χ3v) is 21.6. The second kappa shape index (κ2) is 25.6. The maximum atomic E-state index is 13.1. The topological polar surface area (TPSA) is 254 Å². The van der Waals surface area contributed by atoms with Gasteiger partial charge >= 0.3 is 12.4 Å². The number of piperazine rings is 2. The van der Waals surface area contributed by atoms with Crippen LogP contribution in [0.2, 0.25) is 5.02 Å². The number of hydrogen-bond donors (Lipinski definition) is 4. The average molecular weight is 1320 g/mol. The fourth-order valence-corrected chi connectivity index (χ4v) is 16.2. The summed E-state index contributed by atoms with van der Waals surface area (Å²) in [5.74, 6) is 0.591. The summed E-state index contributed by atoms with van der Waals surface area (Å²) < 4.78 is 153. The summed E-state index contributed by atoms with van der Waals surface area (Å²) in [4.78, 5) is 17.6. The van der Waals surface area contributed by atoms with Gasteiger partial charge in [0.05, 0.1) is 76.7 Å². The van der Waals surface area contributed by atoms with Crippen LogP contribution in [0.4, 0.5) is 37.7 Å². The SMILES string of the molecule is CC(=O)N1CCC(c2cc(C(F)(F)F)cc3[nH]ncc23)CC1.CS(=O)(=O)N1CCC(c2cc(C(F)(F)F)cc3[nH]ncc23)CC1.CS(=O)(=O)N1CCN(c2cc(C3CC3)cc3[nH]ncc23)CC1.C[C@@H]1CN(c2cc(Cl)cc3[nH]ncc23)C[C@@H](C)N1S(C)(=O)=O. The number of anilines is 2. The Morgan fingerprint density at radius 1 is 0.494 bits per heavy atom. The fraction of sp³-hybridized carbons (Fsp3) is 0.500. The van der Waals surface area contributed by atoms with Gasteiger partial charge in [-0.05, 0) is 135 Å². The van der Waals surface area contributed by atoms with E-state index in [2.05, 4.69) is 62.7 Å². The Balaban J connectivity index is 0.000000131. The van der Waals surface area contributed by atoms with E-state index in [4.69, 9.17) is 11.6 Å². The Kier molecular flexibility index (Phi) is 18.8. The molecule has 21 nitrogen and oxygen atoms in total. The molecule has 8 heterocycles. The van der Waals surface area contributed by atoms with Crippen molar-refractivity contribution in [2.75, 3.05) is 94.0 Å². The number of hydrogen-bond acceptors (Lipinski definition) is 13. The first-order chi connectivity index (χ1) is 41.8. The van der Waals surface area contributed by atoms with Gasteiger partial charge in [-0.15, -0.1) is 0 Å². The number of aromatic nitrogens is 8. The van der Waals surface area contributed by atoms with Gasteiger partial charge in [-0.1, -0.05) is 11.6 Å². The molecule has 482 valence electrons. The van der Waals surface area contributed by atoms with E-state index in [9.17, 15) is 56.4 Å². The summed E-state index contributed by atoms with van der Waals surface area (Å²) in [6.07, 6.45) is 6.47. The standard InChI is InChI=1S/C15H16F3N3O.C15H20N4O2S.C14H19ClN4O2S.C14H16F3N3O2S/c1-9(22)21-4-2-10(3-5-21)12-6-11(15(16,17)18)7-14-13(12)8-19-20-14;1-22(20,21)19-6-4-18(5-7-19)15-9-12(11-2-3-11)8-14-13(15)10-16-17-14;1-9-7-18(8-10(2)19(9)22(3,20)21)14-5-11(15)4-13-12(14)6-16-17-13;1-23(21,22)20-4-2-9(3-5-20)11-6-10(14(15,16)17)7-13-12(11)8-18-19-13/h6-8,10H,2-5H2,1H3,(H,19,20);8-11H,2-7H2,1H3,(H,16,17);4-6,9-10H,7-8H2,1-3H3,(H,16,17);6-9H,2-5H2,1H3,(H,18,19)/t;;9-,10-;/m..1./s1. The predicted molar refractivity (Wildman–Crippen MR) is 330 cm³/mol. The number of carbonyl (C=O) groups excluding carboxylic acids is 1. The molecule has 0 unspecified atom stereocenters. The lowest BCUT2D eigenvalue weighted by Gasteiger charge is -2.44. The largest absolute Gasteiger partial charge is 0.416 e. The van der Waals surface area contributed by atoms with E-state index in [1.807, 2.05) is 32.2 Å². The molecule has 2 atom stereocenters. The van der Waals surface area contributed by atoms with E-state index in [-0.39, 0.29) is 29.8 Å². The molecule has 0 radical (unpaired) electrons. The molecule has 1 aliphatic carbocycles. The smallest absolute Gasteiger partial charge is 0.368 e. The Hall–Kier alpha value is -6.57. The van der Waals surface area contributed by atoms with Gasteiger partial charge in [-0.25, -0.2) is 29.6 Å². The van der Waals surface area contributed by atoms with E-state index < -0.39 is 53.5 Å². The van der Waals surface area contributed by atoms with E-state index in [0.29, 0.717) is 117 Å². The van der Waals surface area contributed by atoms with Crippen LogP contribution < -0.4 is 9.80 Å². The third kappa shape index (κ3) is 15.1. The number of H-pyrrole nitrogens is 4. The second-order valence-electron chi connectivity index (χ2n) is 23.8. The minimum atomic E-state index is -4.43. The molecule has 0 spiro atoms. The van der Waals surface area contributed by atoms with Crippen LogP contribution in [0.15, 0.2) is 73.3 Å². The summed E-state index contributed by atoms with van der Waals surface area (Å²) in [7, 11) is -9.55. The molecule has 4 N–H and O–H groups in total. The highest BCUT2D eigenvalue weighted by Gasteiger charge is 2.38. The van der Waals surface area contributed by atoms with Crippen LogP contribution in [0.1, 0.15) is 105 Å².